The molecule has 0 aromatic heterocycles. The minimum absolute atomic E-state index is 0.0379. The van der Waals surface area contributed by atoms with E-state index in [9.17, 15) is 24.5 Å². The molecule has 3 aromatic carbocycles. The standard InChI is InChI=1S/C28H29N5O5/c1-18-7-9-19(10-8-18)25-17-26(34)30-23-16-21(27(35)31(3)14-13-29-2)11-12-24(23)32(25)28(36)20-5-4-6-22(15-20)33(37)38/h4-12,15-16,25,29H,13-14,17H2,1-3H3,(H,30,34). The van der Waals surface area contributed by atoms with Crippen LogP contribution in [0.4, 0.5) is 17.1 Å². The monoisotopic (exact) mass is 515 g/mol. The summed E-state index contributed by atoms with van der Waals surface area (Å²) < 4.78 is 0. The summed E-state index contributed by atoms with van der Waals surface area (Å²) in [4.78, 5) is 53.9. The number of amides is 3. The number of nitro groups is 1. The van der Waals surface area contributed by atoms with Crippen molar-refractivity contribution in [1.82, 2.24) is 10.2 Å². The summed E-state index contributed by atoms with van der Waals surface area (Å²) in [6.45, 7) is 3.05. The molecule has 1 aliphatic rings. The summed E-state index contributed by atoms with van der Waals surface area (Å²) in [6, 6.07) is 17.2. The average Bonchev–Trinajstić information content (AvgIpc) is 3.06. The summed E-state index contributed by atoms with van der Waals surface area (Å²) in [6.07, 6.45) is -0.0379. The first-order valence-electron chi connectivity index (χ1n) is 12.2. The highest BCUT2D eigenvalue weighted by molar-refractivity contribution is 6.12. The Balaban J connectivity index is 1.83. The molecule has 38 heavy (non-hydrogen) atoms. The summed E-state index contributed by atoms with van der Waals surface area (Å²) in [5, 5.41) is 17.2. The Morgan fingerprint density at radius 1 is 1.11 bits per heavy atom. The first kappa shape index (κ1) is 26.5. The normalized spacial score (nSPS) is 14.8. The molecule has 0 spiro atoms. The van der Waals surface area contributed by atoms with Crippen LogP contribution in [0, 0.1) is 17.0 Å². The van der Waals surface area contributed by atoms with Crippen LogP contribution in [-0.4, -0.2) is 54.7 Å². The van der Waals surface area contributed by atoms with Crippen molar-refractivity contribution in [3.05, 3.63) is 99.1 Å². The van der Waals surface area contributed by atoms with E-state index in [0.29, 0.717) is 30.0 Å². The number of carbonyl (C=O) groups excluding carboxylic acids is 3. The minimum atomic E-state index is -0.677. The molecule has 1 heterocycles. The molecular weight excluding hydrogens is 486 g/mol. The van der Waals surface area contributed by atoms with E-state index in [0.717, 1.165) is 11.1 Å². The molecule has 0 bridgehead atoms. The molecule has 10 nitrogen and oxygen atoms in total. The zero-order valence-corrected chi connectivity index (χ0v) is 21.4. The fourth-order valence-electron chi connectivity index (χ4n) is 4.41. The molecule has 10 heteroatoms. The number of hydrogen-bond acceptors (Lipinski definition) is 6. The van der Waals surface area contributed by atoms with Gasteiger partial charge in [0.15, 0.2) is 0 Å². The van der Waals surface area contributed by atoms with Crippen LogP contribution < -0.4 is 15.5 Å². The van der Waals surface area contributed by atoms with Crippen LogP contribution in [0.3, 0.4) is 0 Å². The molecule has 1 atom stereocenters. The first-order valence-corrected chi connectivity index (χ1v) is 12.2. The molecule has 1 unspecified atom stereocenters. The van der Waals surface area contributed by atoms with E-state index in [1.54, 1.807) is 37.2 Å². The Bertz CT molecular complexity index is 1390. The van der Waals surface area contributed by atoms with E-state index in [-0.39, 0.29) is 29.5 Å². The number of nitrogens with one attached hydrogen (secondary N) is 2. The van der Waals surface area contributed by atoms with Crippen molar-refractivity contribution in [2.24, 2.45) is 0 Å². The number of fused-ring (bicyclic) bond motifs is 1. The number of anilines is 2. The number of rotatable bonds is 7. The fourth-order valence-corrected chi connectivity index (χ4v) is 4.41. The van der Waals surface area contributed by atoms with E-state index in [4.69, 9.17) is 0 Å². The van der Waals surface area contributed by atoms with E-state index in [2.05, 4.69) is 10.6 Å². The van der Waals surface area contributed by atoms with Crippen LogP contribution in [0.25, 0.3) is 0 Å². The van der Waals surface area contributed by atoms with Gasteiger partial charge in [-0.15, -0.1) is 0 Å². The Hall–Kier alpha value is -4.57. The van der Waals surface area contributed by atoms with Gasteiger partial charge in [0, 0.05) is 43.4 Å². The molecular formula is C28H29N5O5. The van der Waals surface area contributed by atoms with E-state index < -0.39 is 16.9 Å². The van der Waals surface area contributed by atoms with Crippen molar-refractivity contribution in [3.63, 3.8) is 0 Å². The van der Waals surface area contributed by atoms with Crippen LogP contribution in [0.5, 0.6) is 0 Å². The minimum Gasteiger partial charge on any atom is -0.340 e. The number of carbonyl (C=O) groups is 3. The molecule has 2 N–H and O–H groups in total. The topological polar surface area (TPSA) is 125 Å². The average molecular weight is 516 g/mol. The molecule has 3 amide bonds. The van der Waals surface area contributed by atoms with Gasteiger partial charge in [-0.25, -0.2) is 0 Å². The van der Waals surface area contributed by atoms with Crippen LogP contribution in [0.1, 0.15) is 44.3 Å². The second kappa shape index (κ2) is 11.2. The number of non-ortho nitro benzene ring substituents is 1. The maximum absolute atomic E-state index is 14.0. The maximum Gasteiger partial charge on any atom is 0.270 e. The molecule has 0 radical (unpaired) electrons. The van der Waals surface area contributed by atoms with E-state index >= 15 is 0 Å². The highest BCUT2D eigenvalue weighted by atomic mass is 16.6. The Kier molecular flexibility index (Phi) is 7.82. The zero-order valence-electron chi connectivity index (χ0n) is 21.4. The van der Waals surface area contributed by atoms with Gasteiger partial charge >= 0.3 is 0 Å². The number of nitro benzene ring substituents is 1. The SMILES string of the molecule is CNCCN(C)C(=O)c1ccc2c(c1)NC(=O)CC(c1ccc(C)cc1)N2C(=O)c1cccc([N+](=O)[O-])c1. The van der Waals surface area contributed by atoms with Crippen molar-refractivity contribution >= 4 is 34.8 Å². The lowest BCUT2D eigenvalue weighted by Crippen LogP contribution is -2.35. The summed E-state index contributed by atoms with van der Waals surface area (Å²) in [5.74, 6) is -1.05. The summed E-state index contributed by atoms with van der Waals surface area (Å²) in [5.41, 5.74) is 2.74. The van der Waals surface area contributed by atoms with Crippen LogP contribution in [0.15, 0.2) is 66.7 Å². The Morgan fingerprint density at radius 3 is 2.53 bits per heavy atom. The van der Waals surface area contributed by atoms with Crippen molar-refractivity contribution < 1.29 is 19.3 Å². The van der Waals surface area contributed by atoms with Gasteiger partial charge in [0.1, 0.15) is 0 Å². The zero-order chi connectivity index (χ0) is 27.4. The fraction of sp³-hybridized carbons (Fsp3) is 0.250. The van der Waals surface area contributed by atoms with E-state index in [1.807, 2.05) is 31.2 Å². The van der Waals surface area contributed by atoms with Crippen LogP contribution in [-0.2, 0) is 4.79 Å². The highest BCUT2D eigenvalue weighted by Gasteiger charge is 2.35. The van der Waals surface area contributed by atoms with Crippen LogP contribution >= 0.6 is 0 Å². The van der Waals surface area contributed by atoms with Gasteiger partial charge < -0.3 is 15.5 Å². The number of likely N-dealkylation sites (N-methyl/N-ethyl adjacent to an activating group) is 2. The van der Waals surface area contributed by atoms with Gasteiger partial charge in [0.05, 0.1) is 28.8 Å². The number of nitrogens with zero attached hydrogens (tertiary/aromatic N) is 3. The smallest absolute Gasteiger partial charge is 0.270 e. The molecule has 0 saturated carbocycles. The van der Waals surface area contributed by atoms with Gasteiger partial charge in [-0.05, 0) is 43.8 Å². The van der Waals surface area contributed by atoms with Gasteiger partial charge in [-0.2, -0.15) is 0 Å². The largest absolute Gasteiger partial charge is 0.340 e. The number of aryl methyl sites for hydroxylation is 1. The summed E-state index contributed by atoms with van der Waals surface area (Å²) in [7, 11) is 3.49. The third-order valence-corrected chi connectivity index (χ3v) is 6.50. The molecule has 0 saturated heterocycles. The van der Waals surface area contributed by atoms with Crippen molar-refractivity contribution in [3.8, 4) is 0 Å². The second-order valence-electron chi connectivity index (χ2n) is 9.22. The lowest BCUT2D eigenvalue weighted by molar-refractivity contribution is -0.384. The maximum atomic E-state index is 14.0. The van der Waals surface area contributed by atoms with Crippen LogP contribution in [0.2, 0.25) is 0 Å². The lowest BCUT2D eigenvalue weighted by Gasteiger charge is -2.31. The highest BCUT2D eigenvalue weighted by Crippen LogP contribution is 2.40. The van der Waals surface area contributed by atoms with Gasteiger partial charge in [-0.1, -0.05) is 35.9 Å². The predicted octanol–water partition coefficient (Wildman–Crippen LogP) is 3.92. The quantitative estimate of drug-likeness (QED) is 0.363. The van der Waals surface area contributed by atoms with Gasteiger partial charge in [0.25, 0.3) is 17.5 Å². The van der Waals surface area contributed by atoms with Crippen molar-refractivity contribution in [2.45, 2.75) is 19.4 Å². The molecule has 3 aromatic rings. The molecule has 196 valence electrons. The Morgan fingerprint density at radius 2 is 1.84 bits per heavy atom. The number of benzene rings is 3. The lowest BCUT2D eigenvalue weighted by atomic mass is 9.98. The molecule has 0 fully saturated rings. The van der Waals surface area contributed by atoms with Crippen molar-refractivity contribution in [2.75, 3.05) is 37.4 Å². The molecule has 4 rings (SSSR count). The first-order chi connectivity index (χ1) is 18.2. The third-order valence-electron chi connectivity index (χ3n) is 6.50. The predicted molar refractivity (Wildman–Crippen MR) is 144 cm³/mol. The Labute approximate surface area is 220 Å². The van der Waals surface area contributed by atoms with E-state index in [1.165, 1.54) is 29.2 Å². The van der Waals surface area contributed by atoms with Gasteiger partial charge in [0.2, 0.25) is 5.91 Å². The van der Waals surface area contributed by atoms with Crippen molar-refractivity contribution in [1.29, 1.82) is 0 Å². The van der Waals surface area contributed by atoms with Gasteiger partial charge in [-0.3, -0.25) is 29.4 Å². The molecule has 1 aliphatic heterocycles. The molecule has 0 aliphatic carbocycles. The number of hydrogen-bond donors (Lipinski definition) is 2. The summed E-state index contributed by atoms with van der Waals surface area (Å²) >= 11 is 0. The second-order valence-corrected chi connectivity index (χ2v) is 9.22. The third kappa shape index (κ3) is 5.55.